The molecule has 1 saturated heterocycles. The molecule has 18 heavy (non-hydrogen) atoms. The minimum atomic E-state index is 0.650. The summed E-state index contributed by atoms with van der Waals surface area (Å²) in [5, 5.41) is 7.46. The molecule has 0 spiro atoms. The zero-order valence-electron chi connectivity index (χ0n) is 12.8. The Morgan fingerprint density at radius 2 is 1.94 bits per heavy atom. The molecule has 2 nitrogen and oxygen atoms in total. The Bertz CT molecular complexity index is 186. The number of unbranched alkanes of at least 4 members (excludes halogenated alkanes) is 2. The maximum atomic E-state index is 3.77. The van der Waals surface area contributed by atoms with E-state index in [1.165, 1.54) is 64.3 Å². The van der Waals surface area contributed by atoms with Crippen LogP contribution in [0.3, 0.4) is 0 Å². The first-order valence-corrected chi connectivity index (χ1v) is 8.21. The first-order chi connectivity index (χ1) is 8.72. The van der Waals surface area contributed by atoms with E-state index in [4.69, 9.17) is 0 Å². The van der Waals surface area contributed by atoms with Crippen molar-refractivity contribution < 1.29 is 0 Å². The lowest BCUT2D eigenvalue weighted by atomic mass is 10.0. The van der Waals surface area contributed by atoms with Crippen molar-refractivity contribution in [2.75, 3.05) is 6.54 Å². The van der Waals surface area contributed by atoms with Crippen LogP contribution in [0.15, 0.2) is 0 Å². The summed E-state index contributed by atoms with van der Waals surface area (Å²) in [6, 6.07) is 2.08. The van der Waals surface area contributed by atoms with E-state index in [1.807, 2.05) is 0 Å². The van der Waals surface area contributed by atoms with Crippen molar-refractivity contribution in [1.82, 2.24) is 10.6 Å². The second kappa shape index (κ2) is 9.80. The summed E-state index contributed by atoms with van der Waals surface area (Å²) >= 11 is 0. The highest BCUT2D eigenvalue weighted by Gasteiger charge is 2.15. The van der Waals surface area contributed by atoms with Gasteiger partial charge in [-0.15, -0.1) is 0 Å². The smallest absolute Gasteiger partial charge is 0.00817 e. The first-order valence-electron chi connectivity index (χ1n) is 8.21. The molecule has 108 valence electrons. The molecule has 1 aliphatic heterocycles. The quantitative estimate of drug-likeness (QED) is 0.643. The third-order valence-electron chi connectivity index (χ3n) is 4.11. The summed E-state index contributed by atoms with van der Waals surface area (Å²) in [6.07, 6.45) is 12.3. The van der Waals surface area contributed by atoms with E-state index in [-0.39, 0.29) is 0 Å². The van der Waals surface area contributed by atoms with Crippen LogP contribution >= 0.6 is 0 Å². The largest absolute Gasteiger partial charge is 0.314 e. The normalized spacial score (nSPS) is 24.5. The van der Waals surface area contributed by atoms with Crippen LogP contribution < -0.4 is 10.6 Å². The molecular weight excluding hydrogens is 220 g/mol. The van der Waals surface area contributed by atoms with Crippen molar-refractivity contribution >= 4 is 0 Å². The molecule has 1 rings (SSSR count). The molecule has 0 aromatic rings. The molecule has 0 amide bonds. The average molecular weight is 254 g/mol. The van der Waals surface area contributed by atoms with Crippen molar-refractivity contribution in [3.8, 4) is 0 Å². The summed E-state index contributed by atoms with van der Waals surface area (Å²) in [4.78, 5) is 0. The summed E-state index contributed by atoms with van der Waals surface area (Å²) in [5.74, 6) is 0. The predicted molar refractivity (Wildman–Crippen MR) is 81.1 cm³/mol. The van der Waals surface area contributed by atoms with Gasteiger partial charge < -0.3 is 10.6 Å². The van der Waals surface area contributed by atoms with Crippen LogP contribution in [-0.4, -0.2) is 24.7 Å². The zero-order chi connectivity index (χ0) is 13.2. The van der Waals surface area contributed by atoms with Crippen LogP contribution in [0, 0.1) is 0 Å². The highest BCUT2D eigenvalue weighted by molar-refractivity contribution is 4.77. The number of hydrogen-bond donors (Lipinski definition) is 2. The Morgan fingerprint density at radius 1 is 1.11 bits per heavy atom. The molecule has 2 N–H and O–H groups in total. The van der Waals surface area contributed by atoms with Crippen LogP contribution in [0.4, 0.5) is 0 Å². The molecule has 0 aromatic heterocycles. The van der Waals surface area contributed by atoms with Gasteiger partial charge in [0.05, 0.1) is 0 Å². The summed E-state index contributed by atoms with van der Waals surface area (Å²) in [7, 11) is 0. The van der Waals surface area contributed by atoms with Crippen LogP contribution in [0.25, 0.3) is 0 Å². The molecular formula is C16H34N2. The van der Waals surface area contributed by atoms with Crippen molar-refractivity contribution in [1.29, 1.82) is 0 Å². The van der Waals surface area contributed by atoms with Crippen LogP contribution in [0.5, 0.6) is 0 Å². The van der Waals surface area contributed by atoms with E-state index >= 15 is 0 Å². The van der Waals surface area contributed by atoms with Gasteiger partial charge >= 0.3 is 0 Å². The lowest BCUT2D eigenvalue weighted by Crippen LogP contribution is -2.40. The lowest BCUT2D eigenvalue weighted by Gasteiger charge is -2.24. The molecule has 1 heterocycles. The Kier molecular flexibility index (Phi) is 8.70. The highest BCUT2D eigenvalue weighted by Crippen LogP contribution is 2.13. The monoisotopic (exact) mass is 254 g/mol. The van der Waals surface area contributed by atoms with Gasteiger partial charge in [-0.25, -0.2) is 0 Å². The molecule has 0 bridgehead atoms. The van der Waals surface area contributed by atoms with Crippen molar-refractivity contribution in [3.05, 3.63) is 0 Å². The fourth-order valence-corrected chi connectivity index (χ4v) is 3.07. The number of rotatable bonds is 8. The Labute approximate surface area is 114 Å². The molecule has 2 heteroatoms. The van der Waals surface area contributed by atoms with Crippen molar-refractivity contribution in [2.24, 2.45) is 0 Å². The molecule has 1 fully saturated rings. The van der Waals surface area contributed by atoms with E-state index in [2.05, 4.69) is 31.4 Å². The summed E-state index contributed by atoms with van der Waals surface area (Å²) in [6.45, 7) is 8.19. The highest BCUT2D eigenvalue weighted by atomic mass is 15.0. The average Bonchev–Trinajstić information content (AvgIpc) is 2.57. The van der Waals surface area contributed by atoms with Crippen molar-refractivity contribution in [3.63, 3.8) is 0 Å². The van der Waals surface area contributed by atoms with Gasteiger partial charge in [0.1, 0.15) is 0 Å². The fourth-order valence-electron chi connectivity index (χ4n) is 3.07. The third-order valence-corrected chi connectivity index (χ3v) is 4.11. The number of hydrogen-bond acceptors (Lipinski definition) is 2. The van der Waals surface area contributed by atoms with Crippen LogP contribution in [0.2, 0.25) is 0 Å². The van der Waals surface area contributed by atoms with Crippen LogP contribution in [-0.2, 0) is 0 Å². The van der Waals surface area contributed by atoms with Gasteiger partial charge in [-0.3, -0.25) is 0 Å². The Morgan fingerprint density at radius 3 is 2.72 bits per heavy atom. The maximum Gasteiger partial charge on any atom is 0.00817 e. The fraction of sp³-hybridized carbons (Fsp3) is 1.00. The molecule has 0 aliphatic carbocycles. The van der Waals surface area contributed by atoms with Crippen LogP contribution in [0.1, 0.15) is 78.6 Å². The van der Waals surface area contributed by atoms with Gasteiger partial charge in [0.25, 0.3) is 0 Å². The Balaban J connectivity index is 2.12. The minimum Gasteiger partial charge on any atom is -0.314 e. The van der Waals surface area contributed by atoms with Gasteiger partial charge in [0.2, 0.25) is 0 Å². The van der Waals surface area contributed by atoms with E-state index in [1.54, 1.807) is 0 Å². The van der Waals surface area contributed by atoms with E-state index in [0.717, 1.165) is 6.04 Å². The van der Waals surface area contributed by atoms with Gasteiger partial charge in [0, 0.05) is 18.1 Å². The van der Waals surface area contributed by atoms with E-state index < -0.39 is 0 Å². The maximum absolute atomic E-state index is 3.77. The molecule has 3 atom stereocenters. The second-order valence-corrected chi connectivity index (χ2v) is 6.20. The topological polar surface area (TPSA) is 24.1 Å². The third kappa shape index (κ3) is 7.38. The minimum absolute atomic E-state index is 0.650. The van der Waals surface area contributed by atoms with Gasteiger partial charge in [0.15, 0.2) is 0 Å². The van der Waals surface area contributed by atoms with E-state index in [0.29, 0.717) is 12.1 Å². The summed E-state index contributed by atoms with van der Waals surface area (Å²) in [5.41, 5.74) is 0. The summed E-state index contributed by atoms with van der Waals surface area (Å²) < 4.78 is 0. The molecule has 0 saturated carbocycles. The standard InChI is InChI=1S/C16H34N2/c1-4-5-7-10-14(2)18-15(3)13-16-11-8-6-9-12-17-16/h14-18H,4-13H2,1-3H3. The molecule has 0 aromatic carbocycles. The zero-order valence-corrected chi connectivity index (χ0v) is 12.8. The molecule has 1 aliphatic rings. The van der Waals surface area contributed by atoms with Gasteiger partial charge in [-0.2, -0.15) is 0 Å². The van der Waals surface area contributed by atoms with Gasteiger partial charge in [-0.05, 0) is 46.1 Å². The SMILES string of the molecule is CCCCCC(C)NC(C)CC1CCCCCN1. The van der Waals surface area contributed by atoms with Crippen molar-refractivity contribution in [2.45, 2.75) is 96.7 Å². The predicted octanol–water partition coefficient (Wildman–Crippen LogP) is 3.86. The lowest BCUT2D eigenvalue weighted by molar-refractivity contribution is 0.365. The second-order valence-electron chi connectivity index (χ2n) is 6.20. The first kappa shape index (κ1) is 16.0. The molecule has 0 radical (unpaired) electrons. The Hall–Kier alpha value is -0.0800. The number of nitrogens with one attached hydrogen (secondary N) is 2. The van der Waals surface area contributed by atoms with Gasteiger partial charge in [-0.1, -0.05) is 39.0 Å². The van der Waals surface area contributed by atoms with E-state index in [9.17, 15) is 0 Å². The molecule has 3 unspecified atom stereocenters.